The zero-order valence-electron chi connectivity index (χ0n) is 14.5. The highest BCUT2D eigenvalue weighted by molar-refractivity contribution is 7.89. The largest absolute Gasteiger partial charge is 0.338 e. The van der Waals surface area contributed by atoms with Crippen LogP contribution in [-0.2, 0) is 14.8 Å². The topological polar surface area (TPSA) is 74.8 Å². The van der Waals surface area contributed by atoms with Gasteiger partial charge in [0.15, 0.2) is 0 Å². The summed E-state index contributed by atoms with van der Waals surface area (Å²) in [5.74, 6) is 0.301. The first-order valence-electron chi connectivity index (χ1n) is 8.79. The number of rotatable bonds is 3. The van der Waals surface area contributed by atoms with E-state index in [-0.39, 0.29) is 16.6 Å². The van der Waals surface area contributed by atoms with Crippen LogP contribution in [0.3, 0.4) is 0 Å². The van der Waals surface area contributed by atoms with Crippen molar-refractivity contribution in [1.82, 2.24) is 9.21 Å². The molecule has 2 heterocycles. The van der Waals surface area contributed by atoms with Gasteiger partial charge in [0.1, 0.15) is 5.78 Å². The van der Waals surface area contributed by atoms with Crippen molar-refractivity contribution < 1.29 is 18.0 Å². The smallest absolute Gasteiger partial charge is 0.253 e. The predicted molar refractivity (Wildman–Crippen MR) is 93.7 cm³/mol. The molecule has 7 heteroatoms. The summed E-state index contributed by atoms with van der Waals surface area (Å²) in [6.45, 7) is 3.91. The van der Waals surface area contributed by atoms with Gasteiger partial charge in [-0.3, -0.25) is 9.59 Å². The van der Waals surface area contributed by atoms with Crippen LogP contribution in [0.5, 0.6) is 0 Å². The number of likely N-dealkylation sites (tertiary alicyclic amines) is 1. The van der Waals surface area contributed by atoms with Crippen LogP contribution in [0.25, 0.3) is 0 Å². The van der Waals surface area contributed by atoms with Crippen molar-refractivity contribution in [1.29, 1.82) is 0 Å². The van der Waals surface area contributed by atoms with E-state index in [1.165, 1.54) is 10.4 Å². The summed E-state index contributed by atoms with van der Waals surface area (Å²) in [5, 5.41) is 0. The number of sulfonamides is 1. The number of amides is 1. The maximum atomic E-state index is 12.9. The summed E-state index contributed by atoms with van der Waals surface area (Å²) in [6, 6.07) is 6.26. The molecule has 3 rings (SSSR count). The summed E-state index contributed by atoms with van der Waals surface area (Å²) in [6.07, 6.45) is 2.64. The minimum Gasteiger partial charge on any atom is -0.338 e. The van der Waals surface area contributed by atoms with Gasteiger partial charge in [0.25, 0.3) is 5.91 Å². The van der Waals surface area contributed by atoms with Gasteiger partial charge in [0.2, 0.25) is 10.0 Å². The van der Waals surface area contributed by atoms with Crippen LogP contribution >= 0.6 is 0 Å². The van der Waals surface area contributed by atoms with E-state index in [9.17, 15) is 18.0 Å². The number of carbonyl (C=O) groups is 2. The Hall–Kier alpha value is -1.73. The quantitative estimate of drug-likeness (QED) is 0.821. The third-order valence-electron chi connectivity index (χ3n) is 4.95. The number of hydrogen-bond donors (Lipinski definition) is 0. The van der Waals surface area contributed by atoms with Gasteiger partial charge in [0.05, 0.1) is 4.90 Å². The van der Waals surface area contributed by atoms with Crippen molar-refractivity contribution in [3.05, 3.63) is 29.8 Å². The third kappa shape index (κ3) is 3.93. The van der Waals surface area contributed by atoms with Crippen LogP contribution in [0.1, 0.15) is 43.0 Å². The maximum Gasteiger partial charge on any atom is 0.253 e. The molecule has 2 aliphatic heterocycles. The van der Waals surface area contributed by atoms with Crippen LogP contribution in [0, 0.1) is 5.92 Å². The highest BCUT2D eigenvalue weighted by Crippen LogP contribution is 2.24. The van der Waals surface area contributed by atoms with Crippen LogP contribution < -0.4 is 0 Å². The average molecular weight is 364 g/mol. The molecule has 2 aliphatic rings. The Kier molecular flexibility index (Phi) is 5.24. The Labute approximate surface area is 148 Å². The lowest BCUT2D eigenvalue weighted by Gasteiger charge is -2.30. The van der Waals surface area contributed by atoms with E-state index in [2.05, 4.69) is 6.92 Å². The molecule has 0 unspecified atom stereocenters. The zero-order valence-corrected chi connectivity index (χ0v) is 15.3. The molecule has 1 aromatic rings. The lowest BCUT2D eigenvalue weighted by molar-refractivity contribution is -0.120. The molecule has 0 saturated carbocycles. The number of carbonyl (C=O) groups excluding carboxylic acids is 2. The van der Waals surface area contributed by atoms with E-state index in [0.29, 0.717) is 50.5 Å². The van der Waals surface area contributed by atoms with Gasteiger partial charge in [-0.05, 0) is 37.0 Å². The molecule has 6 nitrogen and oxygen atoms in total. The fourth-order valence-corrected chi connectivity index (χ4v) is 5.09. The number of nitrogens with zero attached hydrogens (tertiary/aromatic N) is 2. The Balaban J connectivity index is 1.81. The van der Waals surface area contributed by atoms with Crippen molar-refractivity contribution in [2.24, 2.45) is 5.92 Å². The first-order chi connectivity index (χ1) is 11.9. The molecule has 1 atom stereocenters. The van der Waals surface area contributed by atoms with E-state index < -0.39 is 10.0 Å². The molecule has 1 aromatic carbocycles. The number of piperidine rings is 2. The first-order valence-corrected chi connectivity index (χ1v) is 10.2. The SMILES string of the molecule is C[C@@H]1CCCN(S(=O)(=O)c2cccc(C(=O)N3CCC(=O)CC3)c2)C1. The monoisotopic (exact) mass is 364 g/mol. The normalized spacial score (nSPS) is 22.8. The van der Waals surface area contributed by atoms with Crippen molar-refractivity contribution >= 4 is 21.7 Å². The standard InChI is InChI=1S/C18H24N2O4S/c1-14-4-3-9-20(13-14)25(23,24)17-6-2-5-15(12-17)18(22)19-10-7-16(21)8-11-19/h2,5-6,12,14H,3-4,7-11,13H2,1H3/t14-/m1/s1. The zero-order chi connectivity index (χ0) is 18.0. The molecule has 136 valence electrons. The van der Waals surface area contributed by atoms with Crippen LogP contribution in [0.2, 0.25) is 0 Å². The molecule has 0 aliphatic carbocycles. The van der Waals surface area contributed by atoms with Gasteiger partial charge in [-0.1, -0.05) is 13.0 Å². The fraction of sp³-hybridized carbons (Fsp3) is 0.556. The third-order valence-corrected chi connectivity index (χ3v) is 6.81. The molecule has 0 spiro atoms. The minimum atomic E-state index is -3.58. The molecule has 2 fully saturated rings. The van der Waals surface area contributed by atoms with Crippen molar-refractivity contribution in [3.8, 4) is 0 Å². The number of hydrogen-bond acceptors (Lipinski definition) is 4. The first kappa shape index (κ1) is 18.1. The number of ketones is 1. The Morgan fingerprint density at radius 2 is 1.88 bits per heavy atom. The van der Waals surface area contributed by atoms with Crippen molar-refractivity contribution in [3.63, 3.8) is 0 Å². The lowest BCUT2D eigenvalue weighted by atomic mass is 10.0. The summed E-state index contributed by atoms with van der Waals surface area (Å²) < 4.78 is 27.3. The molecule has 0 bridgehead atoms. The van der Waals surface area contributed by atoms with Crippen LogP contribution in [0.15, 0.2) is 29.2 Å². The van der Waals surface area contributed by atoms with Gasteiger partial charge in [-0.15, -0.1) is 0 Å². The Morgan fingerprint density at radius 3 is 2.56 bits per heavy atom. The van der Waals surface area contributed by atoms with Gasteiger partial charge in [-0.2, -0.15) is 4.31 Å². The summed E-state index contributed by atoms with van der Waals surface area (Å²) in [4.78, 5) is 25.7. The molecule has 0 aromatic heterocycles. The average Bonchev–Trinajstić information content (AvgIpc) is 2.62. The molecular weight excluding hydrogens is 340 g/mol. The van der Waals surface area contributed by atoms with Crippen LogP contribution in [-0.4, -0.2) is 55.5 Å². The Morgan fingerprint density at radius 1 is 1.16 bits per heavy atom. The maximum absolute atomic E-state index is 12.9. The van der Waals surface area contributed by atoms with E-state index in [0.717, 1.165) is 12.8 Å². The summed E-state index contributed by atoms with van der Waals surface area (Å²) >= 11 is 0. The van der Waals surface area contributed by atoms with Gasteiger partial charge < -0.3 is 4.90 Å². The molecule has 2 saturated heterocycles. The second kappa shape index (κ2) is 7.25. The van der Waals surface area contributed by atoms with Gasteiger partial charge in [-0.25, -0.2) is 8.42 Å². The highest BCUT2D eigenvalue weighted by atomic mass is 32.2. The lowest BCUT2D eigenvalue weighted by Crippen LogP contribution is -2.40. The summed E-state index contributed by atoms with van der Waals surface area (Å²) in [5.41, 5.74) is 0.362. The molecule has 0 N–H and O–H groups in total. The predicted octanol–water partition coefficient (Wildman–Crippen LogP) is 1.91. The van der Waals surface area contributed by atoms with Crippen molar-refractivity contribution in [2.75, 3.05) is 26.2 Å². The summed E-state index contributed by atoms with van der Waals surface area (Å²) in [7, 11) is -3.58. The Bertz CT molecular complexity index is 765. The van der Waals surface area contributed by atoms with Gasteiger partial charge >= 0.3 is 0 Å². The number of Topliss-reactive ketones (excluding diaryl/α,β-unsaturated/α-hetero) is 1. The highest BCUT2D eigenvalue weighted by Gasteiger charge is 2.29. The number of benzene rings is 1. The molecular formula is C18H24N2O4S. The van der Waals surface area contributed by atoms with E-state index >= 15 is 0 Å². The molecule has 1 amide bonds. The van der Waals surface area contributed by atoms with Crippen LogP contribution in [0.4, 0.5) is 0 Å². The van der Waals surface area contributed by atoms with E-state index in [1.54, 1.807) is 23.1 Å². The van der Waals surface area contributed by atoms with Gasteiger partial charge in [0, 0.05) is 44.6 Å². The fourth-order valence-electron chi connectivity index (χ4n) is 3.45. The van der Waals surface area contributed by atoms with E-state index in [4.69, 9.17) is 0 Å². The second-order valence-corrected chi connectivity index (χ2v) is 8.91. The van der Waals surface area contributed by atoms with Crippen molar-refractivity contribution in [2.45, 2.75) is 37.5 Å². The minimum absolute atomic E-state index is 0.166. The second-order valence-electron chi connectivity index (χ2n) is 6.97. The molecule has 25 heavy (non-hydrogen) atoms. The molecule has 0 radical (unpaired) electrons. The van der Waals surface area contributed by atoms with E-state index in [1.807, 2.05) is 0 Å².